The van der Waals surface area contributed by atoms with E-state index in [1.54, 1.807) is 21.0 Å². The molecule has 2 amide bonds. The molecule has 0 aliphatic heterocycles. The summed E-state index contributed by atoms with van der Waals surface area (Å²) in [6.45, 7) is 1.68. The molecule has 0 unspecified atom stereocenters. The van der Waals surface area contributed by atoms with Gasteiger partial charge < -0.3 is 19.5 Å². The molecule has 0 saturated heterocycles. The standard InChI is InChI=1S/C22H31N5O4S2/c1-13-17(21(30)31-5)19(33-18(13)20(29)26(2)3)23-16(28)12-32-22-25-24-15(27(22)4)11-14-9-7-6-8-10-14/h14H,6-12H2,1-5H3,(H,23,28). The number of nitrogens with zero attached hydrogens (tertiary/aromatic N) is 4. The van der Waals surface area contributed by atoms with Gasteiger partial charge in [0.15, 0.2) is 5.16 Å². The topological polar surface area (TPSA) is 106 Å². The van der Waals surface area contributed by atoms with E-state index in [2.05, 4.69) is 15.5 Å². The van der Waals surface area contributed by atoms with E-state index >= 15 is 0 Å². The SMILES string of the molecule is COC(=O)c1c(NC(=O)CSc2nnc(CC3CCCCC3)n2C)sc(C(=O)N(C)C)c1C. The lowest BCUT2D eigenvalue weighted by Gasteiger charge is -2.20. The Bertz CT molecular complexity index is 1020. The Morgan fingerprint density at radius 2 is 1.91 bits per heavy atom. The maximum absolute atomic E-state index is 12.7. The van der Waals surface area contributed by atoms with Gasteiger partial charge in [0.2, 0.25) is 5.91 Å². The molecular weight excluding hydrogens is 462 g/mol. The summed E-state index contributed by atoms with van der Waals surface area (Å²) in [6.07, 6.45) is 7.26. The molecule has 1 saturated carbocycles. The van der Waals surface area contributed by atoms with Crippen molar-refractivity contribution in [2.75, 3.05) is 32.3 Å². The summed E-state index contributed by atoms with van der Waals surface area (Å²) in [5.41, 5.74) is 0.702. The van der Waals surface area contributed by atoms with Crippen LogP contribution in [0.1, 0.15) is 63.5 Å². The Balaban J connectivity index is 1.67. The average Bonchev–Trinajstić information content (AvgIpc) is 3.31. The Morgan fingerprint density at radius 3 is 2.55 bits per heavy atom. The summed E-state index contributed by atoms with van der Waals surface area (Å²) in [4.78, 5) is 39.3. The number of carbonyl (C=O) groups is 3. The van der Waals surface area contributed by atoms with E-state index in [9.17, 15) is 14.4 Å². The van der Waals surface area contributed by atoms with Gasteiger partial charge in [-0.2, -0.15) is 0 Å². The number of anilines is 1. The summed E-state index contributed by atoms with van der Waals surface area (Å²) >= 11 is 2.37. The first-order valence-corrected chi connectivity index (χ1v) is 12.8. The van der Waals surface area contributed by atoms with Crippen LogP contribution in [0.25, 0.3) is 0 Å². The molecule has 180 valence electrons. The van der Waals surface area contributed by atoms with E-state index in [4.69, 9.17) is 4.74 Å². The second-order valence-electron chi connectivity index (χ2n) is 8.45. The van der Waals surface area contributed by atoms with Crippen LogP contribution < -0.4 is 5.32 Å². The third-order valence-corrected chi connectivity index (χ3v) is 8.06. The number of methoxy groups -OCH3 is 1. The summed E-state index contributed by atoms with van der Waals surface area (Å²) in [6, 6.07) is 0. The van der Waals surface area contributed by atoms with E-state index in [1.165, 1.54) is 55.9 Å². The second-order valence-corrected chi connectivity index (χ2v) is 10.4. The quantitative estimate of drug-likeness (QED) is 0.443. The molecule has 0 atom stereocenters. The first-order valence-electron chi connectivity index (χ1n) is 11.0. The minimum absolute atomic E-state index is 0.101. The second kappa shape index (κ2) is 11.1. The molecular formula is C22H31N5O4S2. The van der Waals surface area contributed by atoms with Gasteiger partial charge in [-0.05, 0) is 18.4 Å². The minimum atomic E-state index is -0.592. The predicted molar refractivity (Wildman–Crippen MR) is 129 cm³/mol. The number of hydrogen-bond acceptors (Lipinski definition) is 8. The van der Waals surface area contributed by atoms with Crippen LogP contribution in [0.2, 0.25) is 0 Å². The molecule has 9 nitrogen and oxygen atoms in total. The van der Waals surface area contributed by atoms with Crippen LogP contribution in [0.5, 0.6) is 0 Å². The Hall–Kier alpha value is -2.40. The van der Waals surface area contributed by atoms with E-state index in [1.807, 2.05) is 11.6 Å². The number of amides is 2. The van der Waals surface area contributed by atoms with Crippen molar-refractivity contribution >= 4 is 45.9 Å². The van der Waals surface area contributed by atoms with Gasteiger partial charge in [0, 0.05) is 27.6 Å². The lowest BCUT2D eigenvalue weighted by Crippen LogP contribution is -2.21. The number of esters is 1. The molecule has 0 spiro atoms. The number of rotatable bonds is 8. The van der Waals surface area contributed by atoms with Crippen LogP contribution in [-0.4, -0.2) is 64.4 Å². The number of hydrogen-bond donors (Lipinski definition) is 1. The van der Waals surface area contributed by atoms with Crippen LogP contribution in [0.4, 0.5) is 5.00 Å². The molecule has 33 heavy (non-hydrogen) atoms. The molecule has 11 heteroatoms. The molecule has 2 aromatic heterocycles. The predicted octanol–water partition coefficient (Wildman–Crippen LogP) is 3.53. The van der Waals surface area contributed by atoms with E-state index in [-0.39, 0.29) is 23.1 Å². The first kappa shape index (κ1) is 25.2. The summed E-state index contributed by atoms with van der Waals surface area (Å²) in [5, 5.41) is 12.3. The number of carbonyl (C=O) groups excluding carboxylic acids is 3. The van der Waals surface area contributed by atoms with Crippen molar-refractivity contribution in [1.29, 1.82) is 0 Å². The van der Waals surface area contributed by atoms with Gasteiger partial charge in [-0.3, -0.25) is 9.59 Å². The maximum atomic E-state index is 12.7. The smallest absolute Gasteiger partial charge is 0.341 e. The average molecular weight is 494 g/mol. The van der Waals surface area contributed by atoms with Gasteiger partial charge >= 0.3 is 5.97 Å². The highest BCUT2D eigenvalue weighted by molar-refractivity contribution is 7.99. The van der Waals surface area contributed by atoms with Crippen LogP contribution in [-0.2, 0) is 23.0 Å². The fraction of sp³-hybridized carbons (Fsp3) is 0.591. The van der Waals surface area contributed by atoms with Crippen molar-refractivity contribution in [3.8, 4) is 0 Å². The summed E-state index contributed by atoms with van der Waals surface area (Å²) in [5.74, 6) is 0.572. The van der Waals surface area contributed by atoms with Crippen molar-refractivity contribution in [3.63, 3.8) is 0 Å². The van der Waals surface area contributed by atoms with E-state index in [0.29, 0.717) is 26.5 Å². The number of ether oxygens (including phenoxy) is 1. The van der Waals surface area contributed by atoms with E-state index in [0.717, 1.165) is 23.6 Å². The number of aromatic nitrogens is 3. The van der Waals surface area contributed by atoms with Gasteiger partial charge in [-0.1, -0.05) is 43.9 Å². The minimum Gasteiger partial charge on any atom is -0.465 e. The highest BCUT2D eigenvalue weighted by atomic mass is 32.2. The maximum Gasteiger partial charge on any atom is 0.341 e. The molecule has 3 rings (SSSR count). The third-order valence-electron chi connectivity index (χ3n) is 5.84. The lowest BCUT2D eigenvalue weighted by molar-refractivity contribution is -0.113. The zero-order valence-corrected chi connectivity index (χ0v) is 21.4. The van der Waals surface area contributed by atoms with Gasteiger partial charge in [-0.25, -0.2) is 4.79 Å². The highest BCUT2D eigenvalue weighted by Crippen LogP contribution is 2.34. The van der Waals surface area contributed by atoms with Gasteiger partial charge in [0.25, 0.3) is 5.91 Å². The molecule has 1 aliphatic rings. The van der Waals surface area contributed by atoms with E-state index < -0.39 is 5.97 Å². The molecule has 1 aliphatic carbocycles. The zero-order valence-electron chi connectivity index (χ0n) is 19.8. The van der Waals surface area contributed by atoms with Crippen molar-refractivity contribution < 1.29 is 19.1 Å². The number of thiophene rings is 1. The molecule has 0 bridgehead atoms. The molecule has 0 aromatic carbocycles. The largest absolute Gasteiger partial charge is 0.465 e. The number of nitrogens with one attached hydrogen (secondary N) is 1. The Labute approximate surface area is 202 Å². The monoisotopic (exact) mass is 493 g/mol. The van der Waals surface area contributed by atoms with Gasteiger partial charge in [0.1, 0.15) is 10.8 Å². The molecule has 1 N–H and O–H groups in total. The zero-order chi connectivity index (χ0) is 24.1. The molecule has 0 radical (unpaired) electrons. The van der Waals surface area contributed by atoms with Crippen LogP contribution >= 0.6 is 23.1 Å². The van der Waals surface area contributed by atoms with Crippen molar-refractivity contribution in [2.24, 2.45) is 13.0 Å². The highest BCUT2D eigenvalue weighted by Gasteiger charge is 2.27. The third kappa shape index (κ3) is 5.94. The summed E-state index contributed by atoms with van der Waals surface area (Å²) < 4.78 is 6.82. The summed E-state index contributed by atoms with van der Waals surface area (Å²) in [7, 11) is 6.47. The Morgan fingerprint density at radius 1 is 1.21 bits per heavy atom. The van der Waals surface area contributed by atoms with Crippen molar-refractivity contribution in [2.45, 2.75) is 50.6 Å². The molecule has 2 aromatic rings. The lowest BCUT2D eigenvalue weighted by atomic mass is 9.87. The normalized spacial score (nSPS) is 14.2. The van der Waals surface area contributed by atoms with Gasteiger partial charge in [0.05, 0.1) is 23.3 Å². The first-order chi connectivity index (χ1) is 15.7. The molecule has 1 fully saturated rings. The van der Waals surface area contributed by atoms with Crippen molar-refractivity contribution in [1.82, 2.24) is 19.7 Å². The van der Waals surface area contributed by atoms with Crippen LogP contribution in [0.3, 0.4) is 0 Å². The van der Waals surface area contributed by atoms with Gasteiger partial charge in [-0.15, -0.1) is 21.5 Å². The number of thioether (sulfide) groups is 1. The fourth-order valence-corrected chi connectivity index (χ4v) is 5.91. The molecule has 2 heterocycles. The van der Waals surface area contributed by atoms with Crippen molar-refractivity contribution in [3.05, 3.63) is 21.8 Å². The Kier molecular flexibility index (Phi) is 8.52. The van der Waals surface area contributed by atoms with Crippen LogP contribution in [0.15, 0.2) is 5.16 Å². The fourth-order valence-electron chi connectivity index (χ4n) is 3.95. The van der Waals surface area contributed by atoms with Crippen LogP contribution in [0, 0.1) is 12.8 Å².